The highest BCUT2D eigenvalue weighted by Gasteiger charge is 2.25. The number of nitrogens with two attached hydrogens (primary N) is 1. The largest absolute Gasteiger partial charge is 0.465 e. The molecular weight excluding hydrogens is 346 g/mol. The molecule has 0 aromatic carbocycles. The van der Waals surface area contributed by atoms with Crippen LogP contribution in [0.1, 0.15) is 46.6 Å². The molecule has 0 saturated heterocycles. The number of thioether (sulfide) groups is 1. The van der Waals surface area contributed by atoms with Gasteiger partial charge in [0, 0.05) is 6.07 Å². The Morgan fingerprint density at radius 1 is 1.20 bits per heavy atom. The number of hydrogen-bond acceptors (Lipinski definition) is 8. The Hall–Kier alpha value is -2.03. The summed E-state index contributed by atoms with van der Waals surface area (Å²) in [5.41, 5.74) is 5.37. The Labute approximate surface area is 151 Å². The Balaban J connectivity index is 3.08. The number of nitrogen functional groups attached to an aromatic ring is 1. The number of carbonyl (C=O) groups is 2. The molecule has 9 heteroatoms. The first-order valence-corrected chi connectivity index (χ1v) is 9.08. The maximum Gasteiger partial charge on any atom is 0.328 e. The first kappa shape index (κ1) is 21.0. The van der Waals surface area contributed by atoms with Gasteiger partial charge in [0.15, 0.2) is 5.16 Å². The predicted molar refractivity (Wildman–Crippen MR) is 95.4 cm³/mol. The van der Waals surface area contributed by atoms with Gasteiger partial charge in [-0.1, -0.05) is 25.6 Å². The molecule has 0 aliphatic rings. The summed E-state index contributed by atoms with van der Waals surface area (Å²) >= 11 is 1.02. The van der Waals surface area contributed by atoms with Crippen LogP contribution in [-0.4, -0.2) is 40.0 Å². The van der Waals surface area contributed by atoms with Crippen LogP contribution >= 0.6 is 11.8 Å². The molecule has 1 heterocycles. The van der Waals surface area contributed by atoms with Gasteiger partial charge in [-0.05, 0) is 26.7 Å². The Morgan fingerprint density at radius 3 is 2.32 bits per heavy atom. The molecule has 0 amide bonds. The summed E-state index contributed by atoms with van der Waals surface area (Å²) in [5.74, 6) is -0.823. The van der Waals surface area contributed by atoms with E-state index in [1.165, 1.54) is 4.57 Å². The fourth-order valence-electron chi connectivity index (χ4n) is 1.91. The van der Waals surface area contributed by atoms with Crippen molar-refractivity contribution in [1.29, 1.82) is 0 Å². The third-order valence-corrected chi connectivity index (χ3v) is 4.25. The van der Waals surface area contributed by atoms with Crippen molar-refractivity contribution in [2.45, 2.75) is 57.0 Å². The van der Waals surface area contributed by atoms with Crippen LogP contribution in [0.15, 0.2) is 16.0 Å². The first-order valence-electron chi connectivity index (χ1n) is 8.20. The highest BCUT2D eigenvalue weighted by molar-refractivity contribution is 8.00. The topological polar surface area (TPSA) is 114 Å². The number of rotatable bonds is 9. The zero-order valence-electron chi connectivity index (χ0n) is 15.0. The Kier molecular flexibility index (Phi) is 8.47. The normalized spacial score (nSPS) is 13.1. The number of aromatic nitrogens is 2. The summed E-state index contributed by atoms with van der Waals surface area (Å²) in [5, 5.41) is -0.433. The molecule has 0 aliphatic heterocycles. The molecule has 1 aromatic heterocycles. The minimum absolute atomic E-state index is 0.0811. The van der Waals surface area contributed by atoms with Crippen LogP contribution in [0.5, 0.6) is 0 Å². The second kappa shape index (κ2) is 10.1. The standard InChI is InChI=1S/C16H25N3O5S/c1-5-7-23-14(21)10(3)19-12(17)9-13(20)18-16(19)25-11(4)15(22)24-8-6-2/h9-11H,5-8,17H2,1-4H3. The molecule has 2 N–H and O–H groups in total. The van der Waals surface area contributed by atoms with E-state index in [9.17, 15) is 14.4 Å². The van der Waals surface area contributed by atoms with Crippen molar-refractivity contribution >= 4 is 29.5 Å². The van der Waals surface area contributed by atoms with Crippen molar-refractivity contribution in [2.75, 3.05) is 18.9 Å². The zero-order chi connectivity index (χ0) is 19.0. The molecular formula is C16H25N3O5S. The van der Waals surface area contributed by atoms with Gasteiger partial charge in [0.25, 0.3) is 5.56 Å². The second-order valence-electron chi connectivity index (χ2n) is 5.44. The Bertz CT molecular complexity index is 662. The number of ether oxygens (including phenoxy) is 2. The maximum absolute atomic E-state index is 12.1. The molecule has 8 nitrogen and oxygen atoms in total. The lowest BCUT2D eigenvalue weighted by Crippen LogP contribution is -2.27. The predicted octanol–water partition coefficient (Wildman–Crippen LogP) is 1.77. The van der Waals surface area contributed by atoms with Crippen molar-refractivity contribution in [1.82, 2.24) is 9.55 Å². The lowest BCUT2D eigenvalue weighted by Gasteiger charge is -2.21. The minimum atomic E-state index is -0.777. The lowest BCUT2D eigenvalue weighted by molar-refractivity contribution is -0.147. The van der Waals surface area contributed by atoms with Crippen LogP contribution in [0.25, 0.3) is 0 Å². The molecule has 2 unspecified atom stereocenters. The van der Waals surface area contributed by atoms with Gasteiger partial charge in [-0.15, -0.1) is 0 Å². The third kappa shape index (κ3) is 6.08. The third-order valence-electron chi connectivity index (χ3n) is 3.20. The van der Waals surface area contributed by atoms with Crippen LogP contribution in [-0.2, 0) is 19.1 Å². The van der Waals surface area contributed by atoms with E-state index in [4.69, 9.17) is 15.2 Å². The number of hydrogen-bond donors (Lipinski definition) is 1. The molecule has 0 saturated carbocycles. The summed E-state index contributed by atoms with van der Waals surface area (Å²) in [6, 6.07) is 0.356. The van der Waals surface area contributed by atoms with Gasteiger partial charge in [0.05, 0.1) is 13.2 Å². The SMILES string of the molecule is CCCOC(=O)C(C)Sc1nc(=O)cc(N)n1C(C)C(=O)OCCC. The van der Waals surface area contributed by atoms with Gasteiger partial charge in [-0.2, -0.15) is 4.98 Å². The van der Waals surface area contributed by atoms with E-state index in [0.717, 1.165) is 17.8 Å². The fraction of sp³-hybridized carbons (Fsp3) is 0.625. The average molecular weight is 371 g/mol. The van der Waals surface area contributed by atoms with Crippen LogP contribution < -0.4 is 11.3 Å². The molecule has 0 radical (unpaired) electrons. The Morgan fingerprint density at radius 2 is 1.76 bits per heavy atom. The van der Waals surface area contributed by atoms with Crippen molar-refractivity contribution in [3.8, 4) is 0 Å². The van der Waals surface area contributed by atoms with E-state index in [-0.39, 0.29) is 11.0 Å². The van der Waals surface area contributed by atoms with E-state index >= 15 is 0 Å². The highest BCUT2D eigenvalue weighted by atomic mass is 32.2. The molecule has 0 fully saturated rings. The monoisotopic (exact) mass is 371 g/mol. The van der Waals surface area contributed by atoms with Gasteiger partial charge in [-0.3, -0.25) is 14.2 Å². The minimum Gasteiger partial charge on any atom is -0.465 e. The van der Waals surface area contributed by atoms with Crippen molar-refractivity contribution < 1.29 is 19.1 Å². The van der Waals surface area contributed by atoms with E-state index in [1.807, 2.05) is 13.8 Å². The number of esters is 2. The van der Waals surface area contributed by atoms with E-state index < -0.39 is 28.8 Å². The average Bonchev–Trinajstić information content (AvgIpc) is 2.56. The van der Waals surface area contributed by atoms with Gasteiger partial charge in [0.2, 0.25) is 0 Å². The summed E-state index contributed by atoms with van der Waals surface area (Å²) < 4.78 is 11.6. The zero-order valence-corrected chi connectivity index (χ0v) is 15.8. The number of anilines is 1. The number of carbonyl (C=O) groups excluding carboxylic acids is 2. The van der Waals surface area contributed by atoms with Crippen LogP contribution in [0, 0.1) is 0 Å². The highest BCUT2D eigenvalue weighted by Crippen LogP contribution is 2.27. The van der Waals surface area contributed by atoms with Crippen LogP contribution in [0.2, 0.25) is 0 Å². The molecule has 25 heavy (non-hydrogen) atoms. The molecule has 0 aliphatic carbocycles. The van der Waals surface area contributed by atoms with Crippen molar-refractivity contribution in [2.24, 2.45) is 0 Å². The van der Waals surface area contributed by atoms with Gasteiger partial charge in [-0.25, -0.2) is 4.79 Å². The van der Waals surface area contributed by atoms with Crippen molar-refractivity contribution in [3.63, 3.8) is 0 Å². The van der Waals surface area contributed by atoms with Gasteiger partial charge < -0.3 is 15.2 Å². The summed E-state index contributed by atoms with van der Waals surface area (Å²) in [4.78, 5) is 39.7. The first-order chi connectivity index (χ1) is 11.8. The lowest BCUT2D eigenvalue weighted by atomic mass is 10.3. The van der Waals surface area contributed by atoms with Crippen LogP contribution in [0.3, 0.4) is 0 Å². The summed E-state index contributed by atoms with van der Waals surface area (Å²) in [7, 11) is 0. The van der Waals surface area contributed by atoms with Crippen LogP contribution in [0.4, 0.5) is 5.82 Å². The van der Waals surface area contributed by atoms with E-state index in [0.29, 0.717) is 26.1 Å². The summed E-state index contributed by atoms with van der Waals surface area (Å²) in [6.45, 7) is 7.64. The molecule has 2 atom stereocenters. The van der Waals surface area contributed by atoms with E-state index in [1.54, 1.807) is 13.8 Å². The molecule has 0 spiro atoms. The van der Waals surface area contributed by atoms with Gasteiger partial charge >= 0.3 is 11.9 Å². The van der Waals surface area contributed by atoms with Crippen molar-refractivity contribution in [3.05, 3.63) is 16.4 Å². The summed E-state index contributed by atoms with van der Waals surface area (Å²) in [6.07, 6.45) is 1.41. The fourth-order valence-corrected chi connectivity index (χ4v) is 2.91. The molecule has 0 bridgehead atoms. The quantitative estimate of drug-likeness (QED) is 0.397. The van der Waals surface area contributed by atoms with E-state index in [2.05, 4.69) is 4.98 Å². The molecule has 140 valence electrons. The van der Waals surface area contributed by atoms with Gasteiger partial charge in [0.1, 0.15) is 17.1 Å². The molecule has 1 rings (SSSR count). The second-order valence-corrected chi connectivity index (χ2v) is 6.75. The molecule has 1 aromatic rings. The smallest absolute Gasteiger partial charge is 0.328 e. The maximum atomic E-state index is 12.1. The number of nitrogens with zero attached hydrogens (tertiary/aromatic N) is 2.